The van der Waals surface area contributed by atoms with E-state index >= 15 is 0 Å². The first-order valence-corrected chi connectivity index (χ1v) is 8.48. The summed E-state index contributed by atoms with van der Waals surface area (Å²) in [6, 6.07) is 5.12. The maximum absolute atomic E-state index is 11.0. The highest BCUT2D eigenvalue weighted by Gasteiger charge is 2.12. The summed E-state index contributed by atoms with van der Waals surface area (Å²) in [6.07, 6.45) is 1.89. The van der Waals surface area contributed by atoms with E-state index in [-0.39, 0.29) is 16.7 Å². The number of ether oxygens (including phenoxy) is 1. The number of rotatable bonds is 10. The van der Waals surface area contributed by atoms with Gasteiger partial charge in [0, 0.05) is 23.9 Å². The molecule has 0 amide bonds. The summed E-state index contributed by atoms with van der Waals surface area (Å²) in [7, 11) is 0. The third-order valence-corrected chi connectivity index (χ3v) is 3.82. The Bertz CT molecular complexity index is 455. The molecule has 1 aromatic rings. The standard InChI is InChI=1S/C15H24N2O3S/c1-4-7-20-15-10-13(9-14(11-15)17(18)19)16-12(3)6-8-21-5-2/h9-12,16H,4-8H2,1-3H3. The third kappa shape index (κ3) is 6.71. The lowest BCUT2D eigenvalue weighted by Gasteiger charge is -2.16. The van der Waals surface area contributed by atoms with Gasteiger partial charge in [0.15, 0.2) is 0 Å². The number of hydrogen-bond donors (Lipinski definition) is 1. The van der Waals surface area contributed by atoms with Crippen LogP contribution in [0.15, 0.2) is 18.2 Å². The van der Waals surface area contributed by atoms with Gasteiger partial charge in [0.25, 0.3) is 5.69 Å². The van der Waals surface area contributed by atoms with Crippen molar-refractivity contribution in [3.05, 3.63) is 28.3 Å². The molecule has 6 heteroatoms. The molecule has 0 saturated heterocycles. The molecule has 21 heavy (non-hydrogen) atoms. The van der Waals surface area contributed by atoms with Crippen molar-refractivity contribution < 1.29 is 9.66 Å². The summed E-state index contributed by atoms with van der Waals surface area (Å²) < 4.78 is 5.52. The lowest BCUT2D eigenvalue weighted by molar-refractivity contribution is -0.384. The van der Waals surface area contributed by atoms with Crippen molar-refractivity contribution in [3.63, 3.8) is 0 Å². The third-order valence-electron chi connectivity index (χ3n) is 2.89. The smallest absolute Gasteiger partial charge is 0.275 e. The Hall–Kier alpha value is -1.43. The van der Waals surface area contributed by atoms with Crippen molar-refractivity contribution in [1.82, 2.24) is 0 Å². The minimum atomic E-state index is -0.387. The number of thioether (sulfide) groups is 1. The number of nitrogens with one attached hydrogen (secondary N) is 1. The Morgan fingerprint density at radius 2 is 2.14 bits per heavy atom. The molecule has 0 aliphatic carbocycles. The fourth-order valence-electron chi connectivity index (χ4n) is 1.84. The summed E-state index contributed by atoms with van der Waals surface area (Å²) in [5.74, 6) is 2.74. The van der Waals surface area contributed by atoms with Crippen LogP contribution in [0, 0.1) is 10.1 Å². The first kappa shape index (κ1) is 17.6. The van der Waals surface area contributed by atoms with Crippen LogP contribution < -0.4 is 10.1 Å². The summed E-state index contributed by atoms with van der Waals surface area (Å²) in [6.45, 7) is 6.79. The summed E-state index contributed by atoms with van der Waals surface area (Å²) in [5.41, 5.74) is 0.797. The zero-order chi connectivity index (χ0) is 15.7. The SMILES string of the molecule is CCCOc1cc(NC(C)CCSCC)cc([N+](=O)[O-])c1. The molecule has 118 valence electrons. The van der Waals surface area contributed by atoms with Crippen LogP contribution in [0.4, 0.5) is 11.4 Å². The van der Waals surface area contributed by atoms with E-state index in [2.05, 4.69) is 19.2 Å². The van der Waals surface area contributed by atoms with Crippen molar-refractivity contribution >= 4 is 23.1 Å². The molecule has 1 atom stereocenters. The monoisotopic (exact) mass is 312 g/mol. The lowest BCUT2D eigenvalue weighted by atomic mass is 10.2. The molecule has 0 spiro atoms. The van der Waals surface area contributed by atoms with E-state index < -0.39 is 0 Å². The second-order valence-corrected chi connectivity index (χ2v) is 6.25. The van der Waals surface area contributed by atoms with Gasteiger partial charge < -0.3 is 10.1 Å². The topological polar surface area (TPSA) is 64.4 Å². The number of nitro groups is 1. The first-order valence-electron chi connectivity index (χ1n) is 7.33. The lowest BCUT2D eigenvalue weighted by Crippen LogP contribution is -2.16. The summed E-state index contributed by atoms with van der Waals surface area (Å²) in [4.78, 5) is 10.6. The number of benzene rings is 1. The average molecular weight is 312 g/mol. The van der Waals surface area contributed by atoms with Crippen LogP contribution in [0.2, 0.25) is 0 Å². The molecule has 5 nitrogen and oxygen atoms in total. The molecule has 0 heterocycles. The van der Waals surface area contributed by atoms with Crippen LogP contribution in [0.5, 0.6) is 5.75 Å². The van der Waals surface area contributed by atoms with Crippen molar-refractivity contribution in [2.45, 2.75) is 39.7 Å². The van der Waals surface area contributed by atoms with Gasteiger partial charge in [-0.05, 0) is 31.3 Å². The minimum absolute atomic E-state index is 0.0567. The maximum atomic E-state index is 11.0. The van der Waals surface area contributed by atoms with E-state index in [1.54, 1.807) is 6.07 Å². The second kappa shape index (κ2) is 9.50. The van der Waals surface area contributed by atoms with Gasteiger partial charge in [0.1, 0.15) is 5.75 Å². The van der Waals surface area contributed by atoms with Crippen molar-refractivity contribution in [2.75, 3.05) is 23.4 Å². The van der Waals surface area contributed by atoms with Crippen molar-refractivity contribution in [3.8, 4) is 5.75 Å². The molecule has 0 fully saturated rings. The van der Waals surface area contributed by atoms with Gasteiger partial charge in [-0.25, -0.2) is 0 Å². The fraction of sp³-hybridized carbons (Fsp3) is 0.600. The molecule has 0 saturated carbocycles. The normalized spacial score (nSPS) is 12.0. The highest BCUT2D eigenvalue weighted by atomic mass is 32.2. The first-order chi connectivity index (χ1) is 10.1. The van der Waals surface area contributed by atoms with Crippen molar-refractivity contribution in [2.24, 2.45) is 0 Å². The predicted octanol–water partition coefficient (Wildman–Crippen LogP) is 4.33. The minimum Gasteiger partial charge on any atom is -0.493 e. The number of hydrogen-bond acceptors (Lipinski definition) is 5. The molecule has 0 aliphatic rings. The van der Waals surface area contributed by atoms with Crippen LogP contribution in [-0.2, 0) is 0 Å². The highest BCUT2D eigenvalue weighted by Crippen LogP contribution is 2.27. The molecule has 0 radical (unpaired) electrons. The fourth-order valence-corrected chi connectivity index (χ4v) is 2.65. The molecule has 1 aromatic carbocycles. The Labute approximate surface area is 130 Å². The van der Waals surface area contributed by atoms with Gasteiger partial charge >= 0.3 is 0 Å². The summed E-state index contributed by atoms with van der Waals surface area (Å²) >= 11 is 1.90. The zero-order valence-electron chi connectivity index (χ0n) is 12.9. The highest BCUT2D eigenvalue weighted by molar-refractivity contribution is 7.99. The molecule has 1 unspecified atom stereocenters. The Morgan fingerprint density at radius 3 is 2.76 bits per heavy atom. The molecule has 0 aromatic heterocycles. The molecule has 1 rings (SSSR count). The van der Waals surface area contributed by atoms with E-state index in [0.29, 0.717) is 12.4 Å². The average Bonchev–Trinajstić information content (AvgIpc) is 2.45. The van der Waals surface area contributed by atoms with E-state index in [9.17, 15) is 10.1 Å². The Kier molecular flexibility index (Phi) is 7.97. The van der Waals surface area contributed by atoms with Gasteiger partial charge in [-0.15, -0.1) is 0 Å². The van der Waals surface area contributed by atoms with Gasteiger partial charge in [-0.3, -0.25) is 10.1 Å². The van der Waals surface area contributed by atoms with Crippen LogP contribution in [0.3, 0.4) is 0 Å². The van der Waals surface area contributed by atoms with E-state index in [4.69, 9.17) is 4.74 Å². The molecule has 0 aliphatic heterocycles. The molecular formula is C15H24N2O3S. The Morgan fingerprint density at radius 1 is 1.38 bits per heavy atom. The van der Waals surface area contributed by atoms with Crippen LogP contribution in [0.25, 0.3) is 0 Å². The largest absolute Gasteiger partial charge is 0.493 e. The predicted molar refractivity (Wildman–Crippen MR) is 89.6 cm³/mol. The van der Waals surface area contributed by atoms with Crippen LogP contribution in [-0.4, -0.2) is 29.1 Å². The maximum Gasteiger partial charge on any atom is 0.275 e. The number of anilines is 1. The van der Waals surface area contributed by atoms with E-state index in [1.165, 1.54) is 6.07 Å². The van der Waals surface area contributed by atoms with Gasteiger partial charge in [-0.1, -0.05) is 13.8 Å². The molecule has 0 bridgehead atoms. The zero-order valence-corrected chi connectivity index (χ0v) is 13.7. The Balaban J connectivity index is 2.74. The number of nitro benzene ring substituents is 1. The van der Waals surface area contributed by atoms with Crippen molar-refractivity contribution in [1.29, 1.82) is 0 Å². The van der Waals surface area contributed by atoms with E-state index in [1.807, 2.05) is 24.8 Å². The summed E-state index contributed by atoms with van der Waals surface area (Å²) in [5, 5.41) is 14.3. The molecule has 1 N–H and O–H groups in total. The number of non-ortho nitro benzene ring substituents is 1. The van der Waals surface area contributed by atoms with Crippen LogP contribution >= 0.6 is 11.8 Å². The molecular weight excluding hydrogens is 288 g/mol. The van der Waals surface area contributed by atoms with Gasteiger partial charge in [-0.2, -0.15) is 11.8 Å². The van der Waals surface area contributed by atoms with E-state index in [0.717, 1.165) is 30.0 Å². The number of nitrogens with zero attached hydrogens (tertiary/aromatic N) is 1. The quantitative estimate of drug-likeness (QED) is 0.396. The van der Waals surface area contributed by atoms with Crippen LogP contribution in [0.1, 0.15) is 33.6 Å². The second-order valence-electron chi connectivity index (χ2n) is 4.85. The van der Waals surface area contributed by atoms with Gasteiger partial charge in [0.2, 0.25) is 0 Å². The van der Waals surface area contributed by atoms with Gasteiger partial charge in [0.05, 0.1) is 17.6 Å².